The molecule has 2 amide bonds. The zero-order valence-electron chi connectivity index (χ0n) is 22.6. The van der Waals surface area contributed by atoms with Crippen LogP contribution in [0.2, 0.25) is 0 Å². The quantitative estimate of drug-likeness (QED) is 0.341. The summed E-state index contributed by atoms with van der Waals surface area (Å²) in [6, 6.07) is 14.7. The van der Waals surface area contributed by atoms with E-state index in [4.69, 9.17) is 9.47 Å². The number of benzene rings is 2. The number of aromatic amines is 1. The summed E-state index contributed by atoms with van der Waals surface area (Å²) in [5.74, 6) is 0.540. The van der Waals surface area contributed by atoms with Gasteiger partial charge in [0.25, 0.3) is 0 Å². The van der Waals surface area contributed by atoms with Gasteiger partial charge in [-0.15, -0.1) is 0 Å². The third-order valence-electron chi connectivity index (χ3n) is 6.48. The summed E-state index contributed by atoms with van der Waals surface area (Å²) in [7, 11) is 1.62. The molecule has 2 heterocycles. The molecule has 2 unspecified atom stereocenters. The molecule has 10 nitrogen and oxygen atoms in total. The Morgan fingerprint density at radius 2 is 1.67 bits per heavy atom. The van der Waals surface area contributed by atoms with Crippen LogP contribution in [0.15, 0.2) is 54.7 Å². The van der Waals surface area contributed by atoms with Crippen LogP contribution >= 0.6 is 0 Å². The van der Waals surface area contributed by atoms with Crippen LogP contribution < -0.4 is 5.32 Å². The van der Waals surface area contributed by atoms with Crippen LogP contribution in [-0.4, -0.2) is 70.4 Å². The number of carboxylic acid groups (broad SMARTS) is 1. The standard InChI is InChI=1S/C29H34N4O6/c1-29(2,3)39-27(35)31-15-25(34)22-11-7-20(8-12-22)19-5-9-21(10-6-19)23-14-30-26(32-23)24-13-18(17-38-4)16-33(24)28(36)37/h5-12,14,18,24H,13,15-17H2,1-4H3,(H,30,32)(H,31,35)(H,36,37). The molecular formula is C29H34N4O6. The number of rotatable bonds is 8. The van der Waals surface area contributed by atoms with Gasteiger partial charge in [-0.1, -0.05) is 48.5 Å². The van der Waals surface area contributed by atoms with E-state index in [0.29, 0.717) is 31.0 Å². The maximum atomic E-state index is 12.4. The Labute approximate surface area is 227 Å². The molecule has 1 aliphatic heterocycles. The molecule has 1 saturated heterocycles. The lowest BCUT2D eigenvalue weighted by molar-refractivity contribution is 0.0520. The van der Waals surface area contributed by atoms with Gasteiger partial charge in [0.1, 0.15) is 11.4 Å². The highest BCUT2D eigenvalue weighted by molar-refractivity contribution is 5.99. The van der Waals surface area contributed by atoms with Crippen molar-refractivity contribution >= 4 is 18.0 Å². The number of likely N-dealkylation sites (tertiary alicyclic amines) is 1. The number of alkyl carbamates (subject to hydrolysis) is 1. The lowest BCUT2D eigenvalue weighted by Gasteiger charge is -2.19. The van der Waals surface area contributed by atoms with Gasteiger partial charge in [0.2, 0.25) is 0 Å². The van der Waals surface area contributed by atoms with Crippen molar-refractivity contribution in [3.63, 3.8) is 0 Å². The summed E-state index contributed by atoms with van der Waals surface area (Å²) >= 11 is 0. The minimum Gasteiger partial charge on any atom is -0.465 e. The first-order valence-electron chi connectivity index (χ1n) is 12.8. The Kier molecular flexibility index (Phi) is 8.35. The Morgan fingerprint density at radius 1 is 1.05 bits per heavy atom. The molecule has 4 rings (SSSR count). The summed E-state index contributed by atoms with van der Waals surface area (Å²) in [6.07, 6.45) is 0.782. The number of hydrogen-bond donors (Lipinski definition) is 3. The Hall–Kier alpha value is -4.18. The van der Waals surface area contributed by atoms with E-state index in [0.717, 1.165) is 22.4 Å². The molecular weight excluding hydrogens is 500 g/mol. The second-order valence-electron chi connectivity index (χ2n) is 10.6. The molecule has 2 atom stereocenters. The summed E-state index contributed by atoms with van der Waals surface area (Å²) in [5.41, 5.74) is 3.50. The molecule has 10 heteroatoms. The predicted molar refractivity (Wildman–Crippen MR) is 145 cm³/mol. The first-order chi connectivity index (χ1) is 18.5. The van der Waals surface area contributed by atoms with Crippen molar-refractivity contribution in [1.82, 2.24) is 20.2 Å². The van der Waals surface area contributed by atoms with Crippen LogP contribution in [0.3, 0.4) is 0 Å². The average Bonchev–Trinajstić information content (AvgIpc) is 3.54. The molecule has 0 bridgehead atoms. The molecule has 0 aliphatic carbocycles. The number of amides is 2. The van der Waals surface area contributed by atoms with Crippen molar-refractivity contribution < 1.29 is 29.0 Å². The van der Waals surface area contributed by atoms with Crippen LogP contribution in [0.1, 0.15) is 49.4 Å². The minimum atomic E-state index is -0.965. The SMILES string of the molecule is COCC1CC(c2ncc(-c3ccc(-c4ccc(C(=O)CNC(=O)OC(C)(C)C)cc4)cc3)[nH]2)N(C(=O)O)C1. The maximum Gasteiger partial charge on any atom is 0.408 e. The van der Waals surface area contributed by atoms with E-state index in [1.165, 1.54) is 4.90 Å². The summed E-state index contributed by atoms with van der Waals surface area (Å²) in [4.78, 5) is 45.2. The topological polar surface area (TPSA) is 134 Å². The van der Waals surface area contributed by atoms with Crippen molar-refractivity contribution in [2.24, 2.45) is 5.92 Å². The first-order valence-corrected chi connectivity index (χ1v) is 12.8. The third kappa shape index (κ3) is 7.02. The van der Waals surface area contributed by atoms with E-state index < -0.39 is 17.8 Å². The molecule has 0 radical (unpaired) electrons. The summed E-state index contributed by atoms with van der Waals surface area (Å²) in [5, 5.41) is 12.1. The summed E-state index contributed by atoms with van der Waals surface area (Å²) in [6.45, 7) is 6.06. The van der Waals surface area contributed by atoms with Gasteiger partial charge in [-0.2, -0.15) is 0 Å². The maximum absolute atomic E-state index is 12.4. The molecule has 1 aromatic heterocycles. The number of nitrogens with one attached hydrogen (secondary N) is 2. The Morgan fingerprint density at radius 3 is 2.26 bits per heavy atom. The highest BCUT2D eigenvalue weighted by Gasteiger charge is 2.37. The Balaban J connectivity index is 1.39. The van der Waals surface area contributed by atoms with Crippen molar-refractivity contribution in [2.75, 3.05) is 26.8 Å². The van der Waals surface area contributed by atoms with Crippen LogP contribution in [0, 0.1) is 5.92 Å². The van der Waals surface area contributed by atoms with Crippen molar-refractivity contribution in [3.05, 3.63) is 66.1 Å². The predicted octanol–water partition coefficient (Wildman–Crippen LogP) is 5.14. The second-order valence-corrected chi connectivity index (χ2v) is 10.6. The number of Topliss-reactive ketones (excluding diaryl/α,β-unsaturated/α-hetero) is 1. The van der Waals surface area contributed by atoms with Gasteiger partial charge in [-0.05, 0) is 43.9 Å². The average molecular weight is 535 g/mol. The second kappa shape index (κ2) is 11.7. The molecule has 0 spiro atoms. The van der Waals surface area contributed by atoms with Gasteiger partial charge in [0.15, 0.2) is 5.78 Å². The number of carbonyl (C=O) groups is 3. The first kappa shape index (κ1) is 27.8. The van der Waals surface area contributed by atoms with Gasteiger partial charge < -0.3 is 24.9 Å². The molecule has 2 aromatic carbocycles. The van der Waals surface area contributed by atoms with Crippen LogP contribution in [0.25, 0.3) is 22.4 Å². The number of methoxy groups -OCH3 is 1. The number of ether oxygens (including phenoxy) is 2. The summed E-state index contributed by atoms with van der Waals surface area (Å²) < 4.78 is 10.4. The van der Waals surface area contributed by atoms with E-state index >= 15 is 0 Å². The lowest BCUT2D eigenvalue weighted by atomic mass is 10.0. The van der Waals surface area contributed by atoms with E-state index in [2.05, 4.69) is 15.3 Å². The Bertz CT molecular complexity index is 1310. The molecule has 3 aromatic rings. The third-order valence-corrected chi connectivity index (χ3v) is 6.48. The molecule has 39 heavy (non-hydrogen) atoms. The molecule has 1 aliphatic rings. The number of nitrogens with zero attached hydrogens (tertiary/aromatic N) is 2. The van der Waals surface area contributed by atoms with E-state index in [1.54, 1.807) is 46.2 Å². The van der Waals surface area contributed by atoms with E-state index in [-0.39, 0.29) is 24.3 Å². The smallest absolute Gasteiger partial charge is 0.408 e. The number of carbonyl (C=O) groups excluding carboxylic acids is 2. The number of hydrogen-bond acceptors (Lipinski definition) is 6. The monoisotopic (exact) mass is 534 g/mol. The molecule has 0 saturated carbocycles. The minimum absolute atomic E-state index is 0.131. The van der Waals surface area contributed by atoms with Crippen molar-refractivity contribution in [2.45, 2.75) is 38.8 Å². The fourth-order valence-corrected chi connectivity index (χ4v) is 4.66. The lowest BCUT2D eigenvalue weighted by Crippen LogP contribution is -2.35. The number of imidazole rings is 1. The van der Waals surface area contributed by atoms with Crippen LogP contribution in [0.4, 0.5) is 9.59 Å². The van der Waals surface area contributed by atoms with Gasteiger partial charge in [-0.25, -0.2) is 14.6 Å². The van der Waals surface area contributed by atoms with Crippen LogP contribution in [-0.2, 0) is 9.47 Å². The number of H-pyrrole nitrogens is 1. The van der Waals surface area contributed by atoms with Crippen molar-refractivity contribution in [1.29, 1.82) is 0 Å². The zero-order valence-corrected chi connectivity index (χ0v) is 22.6. The zero-order chi connectivity index (χ0) is 28.2. The van der Waals surface area contributed by atoms with E-state index in [9.17, 15) is 19.5 Å². The highest BCUT2D eigenvalue weighted by Crippen LogP contribution is 2.35. The highest BCUT2D eigenvalue weighted by atomic mass is 16.6. The molecule has 1 fully saturated rings. The van der Waals surface area contributed by atoms with Gasteiger partial charge >= 0.3 is 12.2 Å². The van der Waals surface area contributed by atoms with Crippen molar-refractivity contribution in [3.8, 4) is 22.4 Å². The normalized spacial score (nSPS) is 17.2. The van der Waals surface area contributed by atoms with Crippen LogP contribution in [0.5, 0.6) is 0 Å². The fourth-order valence-electron chi connectivity index (χ4n) is 4.66. The molecule has 206 valence electrons. The van der Waals surface area contributed by atoms with Gasteiger partial charge in [0, 0.05) is 25.1 Å². The number of ketones is 1. The molecule has 3 N–H and O–H groups in total. The number of aromatic nitrogens is 2. The van der Waals surface area contributed by atoms with E-state index in [1.807, 2.05) is 36.4 Å². The fraction of sp³-hybridized carbons (Fsp3) is 0.379. The van der Waals surface area contributed by atoms with Gasteiger partial charge in [0.05, 0.1) is 31.1 Å². The van der Waals surface area contributed by atoms with Gasteiger partial charge in [-0.3, -0.25) is 9.69 Å². The largest absolute Gasteiger partial charge is 0.465 e.